The number of sulfonamides is 1. The number of carbonyl (C=O) groups excluding carboxylic acids is 1. The van der Waals surface area contributed by atoms with Gasteiger partial charge in [0.05, 0.1) is 17.7 Å². The van der Waals surface area contributed by atoms with Crippen LogP contribution in [0.3, 0.4) is 0 Å². The van der Waals surface area contributed by atoms with E-state index in [1.807, 2.05) is 11.8 Å². The maximum Gasteiger partial charge on any atom is 0.264 e. The van der Waals surface area contributed by atoms with Gasteiger partial charge in [-0.2, -0.15) is 11.8 Å². The second kappa shape index (κ2) is 11.8. The number of nitrogens with one attached hydrogen (secondary N) is 1. The normalized spacial score (nSPS) is 14.7. The average molecular weight is 497 g/mol. The maximum atomic E-state index is 13.4. The summed E-state index contributed by atoms with van der Waals surface area (Å²) in [4.78, 5) is 12.8. The van der Waals surface area contributed by atoms with Gasteiger partial charge in [-0.3, -0.25) is 9.10 Å². The van der Waals surface area contributed by atoms with E-state index < -0.39 is 10.0 Å². The number of nitrogens with zero attached hydrogens (tertiary/aromatic N) is 1. The van der Waals surface area contributed by atoms with Gasteiger partial charge >= 0.3 is 0 Å². The van der Waals surface area contributed by atoms with Gasteiger partial charge in [0, 0.05) is 22.6 Å². The van der Waals surface area contributed by atoms with E-state index in [-0.39, 0.29) is 23.0 Å². The second-order valence-electron chi connectivity index (χ2n) is 7.62. The van der Waals surface area contributed by atoms with Crippen LogP contribution in [0.2, 0.25) is 5.02 Å². The zero-order valence-corrected chi connectivity index (χ0v) is 20.5. The number of anilines is 1. The minimum absolute atomic E-state index is 0.0858. The van der Waals surface area contributed by atoms with Crippen LogP contribution in [-0.4, -0.2) is 45.5 Å². The summed E-state index contributed by atoms with van der Waals surface area (Å²) in [5.74, 6) is 0.743. The summed E-state index contributed by atoms with van der Waals surface area (Å²) >= 11 is 8.03. The lowest BCUT2D eigenvalue weighted by Crippen LogP contribution is -2.41. The number of amides is 1. The second-order valence-corrected chi connectivity index (χ2v) is 11.3. The number of hydrogen-bond donors (Lipinski definition) is 1. The van der Waals surface area contributed by atoms with E-state index in [9.17, 15) is 13.2 Å². The Bertz CT molecular complexity index is 996. The summed E-state index contributed by atoms with van der Waals surface area (Å²) < 4.78 is 33.3. The summed E-state index contributed by atoms with van der Waals surface area (Å²) in [7, 11) is -2.57. The van der Waals surface area contributed by atoms with Crippen molar-refractivity contribution in [1.29, 1.82) is 0 Å². The van der Waals surface area contributed by atoms with Crippen molar-refractivity contribution in [2.24, 2.45) is 0 Å². The third-order valence-corrected chi connectivity index (χ3v) is 8.75. The highest BCUT2D eigenvalue weighted by atomic mass is 35.5. The molecule has 1 amide bonds. The SMILES string of the molecule is COc1ccc(Cl)cc1N(CC(=O)NCCSC1CCCCC1)S(=O)(=O)c1ccccc1. The zero-order chi connectivity index (χ0) is 23.0. The molecule has 1 N–H and O–H groups in total. The smallest absolute Gasteiger partial charge is 0.264 e. The molecule has 2 aromatic rings. The van der Waals surface area contributed by atoms with Crippen molar-refractivity contribution in [1.82, 2.24) is 5.32 Å². The van der Waals surface area contributed by atoms with Crippen LogP contribution >= 0.6 is 23.4 Å². The third-order valence-electron chi connectivity index (χ3n) is 5.36. The van der Waals surface area contributed by atoms with E-state index in [0.29, 0.717) is 22.6 Å². The third kappa shape index (κ3) is 6.56. The van der Waals surface area contributed by atoms with Gasteiger partial charge in [-0.15, -0.1) is 0 Å². The van der Waals surface area contributed by atoms with E-state index in [4.69, 9.17) is 16.3 Å². The number of halogens is 1. The number of rotatable bonds is 10. The Labute approximate surface area is 199 Å². The fourth-order valence-corrected chi connectivity index (χ4v) is 6.54. The first-order valence-electron chi connectivity index (χ1n) is 10.7. The number of thioether (sulfide) groups is 1. The van der Waals surface area contributed by atoms with Gasteiger partial charge in [0.15, 0.2) is 0 Å². The Balaban J connectivity index is 1.74. The van der Waals surface area contributed by atoms with Crippen molar-refractivity contribution in [2.75, 3.05) is 30.3 Å². The van der Waals surface area contributed by atoms with Crippen LogP contribution in [0.25, 0.3) is 0 Å². The predicted molar refractivity (Wildman–Crippen MR) is 131 cm³/mol. The fraction of sp³-hybridized carbons (Fsp3) is 0.435. The molecule has 0 atom stereocenters. The number of benzene rings is 2. The van der Waals surface area contributed by atoms with Crippen molar-refractivity contribution >= 4 is 45.0 Å². The van der Waals surface area contributed by atoms with E-state index >= 15 is 0 Å². The maximum absolute atomic E-state index is 13.4. The Morgan fingerprint density at radius 2 is 1.88 bits per heavy atom. The first kappa shape index (κ1) is 24.7. The molecule has 3 rings (SSSR count). The Hall–Kier alpha value is -1.90. The molecule has 0 heterocycles. The molecule has 174 valence electrons. The molecule has 1 aliphatic rings. The Kier molecular flexibility index (Phi) is 9.13. The Morgan fingerprint density at radius 1 is 1.16 bits per heavy atom. The number of methoxy groups -OCH3 is 1. The van der Waals surface area contributed by atoms with Gasteiger partial charge in [0.25, 0.3) is 10.0 Å². The minimum atomic E-state index is -4.02. The van der Waals surface area contributed by atoms with Gasteiger partial charge in [0.1, 0.15) is 12.3 Å². The molecule has 0 aliphatic heterocycles. The molecule has 0 aromatic heterocycles. The van der Waals surface area contributed by atoms with Crippen LogP contribution < -0.4 is 14.4 Å². The quantitative estimate of drug-likeness (QED) is 0.481. The molecule has 6 nitrogen and oxygen atoms in total. The standard InChI is InChI=1S/C23H29ClN2O4S2/c1-30-22-13-12-18(24)16-21(22)26(32(28,29)20-10-6-3-7-11-20)17-23(27)25-14-15-31-19-8-4-2-5-9-19/h3,6-7,10-13,16,19H,2,4-5,8-9,14-15,17H2,1H3,(H,25,27). The molecule has 0 bridgehead atoms. The lowest BCUT2D eigenvalue weighted by molar-refractivity contribution is -0.119. The predicted octanol–water partition coefficient (Wildman–Crippen LogP) is 4.73. The minimum Gasteiger partial charge on any atom is -0.495 e. The van der Waals surface area contributed by atoms with Crippen molar-refractivity contribution < 1.29 is 17.9 Å². The van der Waals surface area contributed by atoms with Crippen molar-refractivity contribution in [3.63, 3.8) is 0 Å². The molecule has 1 saturated carbocycles. The summed E-state index contributed by atoms with van der Waals surface area (Å²) in [6, 6.07) is 12.7. The first-order chi connectivity index (χ1) is 15.4. The van der Waals surface area contributed by atoms with E-state index in [2.05, 4.69) is 5.32 Å². The van der Waals surface area contributed by atoms with Gasteiger partial charge in [-0.05, 0) is 43.2 Å². The van der Waals surface area contributed by atoms with Crippen LogP contribution in [0.15, 0.2) is 53.4 Å². The largest absolute Gasteiger partial charge is 0.495 e. The monoisotopic (exact) mass is 496 g/mol. The zero-order valence-electron chi connectivity index (χ0n) is 18.1. The molecule has 32 heavy (non-hydrogen) atoms. The molecule has 0 radical (unpaired) electrons. The van der Waals surface area contributed by atoms with Crippen LogP contribution in [0.4, 0.5) is 5.69 Å². The van der Waals surface area contributed by atoms with Crippen molar-refractivity contribution in [2.45, 2.75) is 42.2 Å². The van der Waals surface area contributed by atoms with Gasteiger partial charge in [0.2, 0.25) is 5.91 Å². The van der Waals surface area contributed by atoms with E-state index in [0.717, 1.165) is 10.1 Å². The van der Waals surface area contributed by atoms with Gasteiger partial charge in [-0.25, -0.2) is 8.42 Å². The summed E-state index contributed by atoms with van der Waals surface area (Å²) in [5.41, 5.74) is 0.218. The average Bonchev–Trinajstić information content (AvgIpc) is 2.81. The van der Waals surface area contributed by atoms with Crippen LogP contribution in [0, 0.1) is 0 Å². The molecular formula is C23H29ClN2O4S2. The lowest BCUT2D eigenvalue weighted by Gasteiger charge is -2.26. The molecule has 0 spiro atoms. The fourth-order valence-electron chi connectivity index (χ4n) is 3.71. The van der Waals surface area contributed by atoms with Crippen LogP contribution in [-0.2, 0) is 14.8 Å². The van der Waals surface area contributed by atoms with Crippen LogP contribution in [0.5, 0.6) is 5.75 Å². The topological polar surface area (TPSA) is 75.7 Å². The van der Waals surface area contributed by atoms with Crippen LogP contribution in [0.1, 0.15) is 32.1 Å². The van der Waals surface area contributed by atoms with Gasteiger partial charge in [-0.1, -0.05) is 49.1 Å². The summed E-state index contributed by atoms with van der Waals surface area (Å²) in [6.07, 6.45) is 6.33. The number of ether oxygens (including phenoxy) is 1. The molecule has 9 heteroatoms. The molecule has 0 unspecified atom stereocenters. The molecular weight excluding hydrogens is 468 g/mol. The number of hydrogen-bond acceptors (Lipinski definition) is 5. The van der Waals surface area contributed by atoms with E-state index in [1.165, 1.54) is 57.4 Å². The Morgan fingerprint density at radius 3 is 2.56 bits per heavy atom. The highest BCUT2D eigenvalue weighted by Crippen LogP contribution is 2.34. The molecule has 1 fully saturated rings. The molecule has 0 saturated heterocycles. The highest BCUT2D eigenvalue weighted by molar-refractivity contribution is 7.99. The number of carbonyl (C=O) groups is 1. The molecule has 2 aromatic carbocycles. The molecule has 1 aliphatic carbocycles. The summed E-state index contributed by atoms with van der Waals surface area (Å²) in [5, 5.41) is 3.86. The highest BCUT2D eigenvalue weighted by Gasteiger charge is 2.29. The van der Waals surface area contributed by atoms with E-state index in [1.54, 1.807) is 30.3 Å². The summed E-state index contributed by atoms with van der Waals surface area (Å²) in [6.45, 7) is 0.119. The van der Waals surface area contributed by atoms with Crippen molar-refractivity contribution in [3.05, 3.63) is 53.6 Å². The lowest BCUT2D eigenvalue weighted by atomic mass is 10.0. The van der Waals surface area contributed by atoms with Gasteiger partial charge < -0.3 is 10.1 Å². The first-order valence-corrected chi connectivity index (χ1v) is 13.6. The van der Waals surface area contributed by atoms with Crippen molar-refractivity contribution in [3.8, 4) is 5.75 Å².